The van der Waals surface area contributed by atoms with Crippen LogP contribution in [0, 0.1) is 5.82 Å². The molecule has 0 heterocycles. The lowest BCUT2D eigenvalue weighted by Gasteiger charge is -1.90. The molecular formula is C8H8BF. The molecule has 1 aromatic rings. The highest BCUT2D eigenvalue weighted by atomic mass is 19.1. The minimum Gasteiger partial charge on any atom is -0.207 e. The van der Waals surface area contributed by atoms with Gasteiger partial charge >= 0.3 is 0 Å². The van der Waals surface area contributed by atoms with Crippen LogP contribution in [0.5, 0.6) is 0 Å². The molecule has 0 aromatic heterocycles. The molecule has 2 heteroatoms. The van der Waals surface area contributed by atoms with Crippen molar-refractivity contribution in [1.29, 1.82) is 0 Å². The topological polar surface area (TPSA) is 0 Å². The first-order valence-electron chi connectivity index (χ1n) is 3.21. The van der Waals surface area contributed by atoms with Crippen LogP contribution in [0.1, 0.15) is 5.56 Å². The third-order valence-electron chi connectivity index (χ3n) is 1.21. The summed E-state index contributed by atoms with van der Waals surface area (Å²) in [6.45, 7) is 0. The smallest absolute Gasteiger partial charge is 0.129 e. The summed E-state index contributed by atoms with van der Waals surface area (Å²) < 4.78 is 12.5. The van der Waals surface area contributed by atoms with Crippen molar-refractivity contribution in [2.75, 3.05) is 0 Å². The van der Waals surface area contributed by atoms with Gasteiger partial charge in [0.15, 0.2) is 0 Å². The predicted molar refractivity (Wildman–Crippen MR) is 44.0 cm³/mol. The molecule has 0 N–H and O–H groups in total. The van der Waals surface area contributed by atoms with Crippen LogP contribution in [0.25, 0.3) is 6.08 Å². The molecule has 50 valence electrons. The first-order chi connectivity index (χ1) is 4.83. The van der Waals surface area contributed by atoms with E-state index in [4.69, 9.17) is 0 Å². The van der Waals surface area contributed by atoms with Crippen LogP contribution in [-0.2, 0) is 0 Å². The molecule has 0 saturated heterocycles. The lowest BCUT2D eigenvalue weighted by molar-refractivity contribution is 0.627. The number of rotatable bonds is 1. The van der Waals surface area contributed by atoms with Crippen LogP contribution in [0.4, 0.5) is 4.39 Å². The van der Waals surface area contributed by atoms with Crippen molar-refractivity contribution in [1.82, 2.24) is 0 Å². The summed E-state index contributed by atoms with van der Waals surface area (Å²) >= 11 is 0. The van der Waals surface area contributed by atoms with E-state index in [0.717, 1.165) is 5.56 Å². The van der Waals surface area contributed by atoms with Gasteiger partial charge in [0, 0.05) is 0 Å². The van der Waals surface area contributed by atoms with Crippen LogP contribution in [0.2, 0.25) is 0 Å². The average Bonchev–Trinajstić information content (AvgIpc) is 1.88. The van der Waals surface area contributed by atoms with E-state index in [1.165, 1.54) is 12.1 Å². The van der Waals surface area contributed by atoms with Gasteiger partial charge in [-0.1, -0.05) is 18.2 Å². The van der Waals surface area contributed by atoms with Crippen molar-refractivity contribution >= 4 is 13.9 Å². The summed E-state index contributed by atoms with van der Waals surface area (Å²) in [7, 11) is 1.91. The van der Waals surface area contributed by atoms with Gasteiger partial charge in [-0.05, 0) is 17.7 Å². The summed E-state index contributed by atoms with van der Waals surface area (Å²) in [5, 5.41) is 0. The van der Waals surface area contributed by atoms with Crippen molar-refractivity contribution in [3.05, 3.63) is 41.6 Å². The molecule has 0 atom stereocenters. The molecule has 0 bridgehead atoms. The van der Waals surface area contributed by atoms with Crippen LogP contribution >= 0.6 is 0 Å². The van der Waals surface area contributed by atoms with E-state index in [2.05, 4.69) is 0 Å². The Kier molecular flexibility index (Phi) is 2.27. The third kappa shape index (κ3) is 1.73. The van der Waals surface area contributed by atoms with E-state index in [-0.39, 0.29) is 5.82 Å². The van der Waals surface area contributed by atoms with Gasteiger partial charge in [0.05, 0.1) is 0 Å². The molecule has 0 fully saturated rings. The Morgan fingerprint density at radius 2 is 2.20 bits per heavy atom. The maximum Gasteiger partial charge on any atom is 0.129 e. The Balaban J connectivity index is 2.95. The molecule has 0 aliphatic carbocycles. The highest BCUT2D eigenvalue weighted by molar-refractivity contribution is 6.19. The molecule has 0 radical (unpaired) electrons. The van der Waals surface area contributed by atoms with Gasteiger partial charge in [0.2, 0.25) is 0 Å². The molecular weight excluding hydrogens is 126 g/mol. The number of hydrogen-bond acceptors (Lipinski definition) is 0. The highest BCUT2D eigenvalue weighted by Crippen LogP contribution is 2.04. The Bertz CT molecular complexity index is 243. The van der Waals surface area contributed by atoms with E-state index in [0.29, 0.717) is 0 Å². The second kappa shape index (κ2) is 3.21. The molecule has 0 saturated carbocycles. The molecule has 0 unspecified atom stereocenters. The van der Waals surface area contributed by atoms with Gasteiger partial charge in [-0.25, -0.2) is 4.39 Å². The van der Waals surface area contributed by atoms with E-state index < -0.39 is 0 Å². The van der Waals surface area contributed by atoms with E-state index in [1.807, 2.05) is 26.0 Å². The van der Waals surface area contributed by atoms with Crippen molar-refractivity contribution in [3.63, 3.8) is 0 Å². The molecule has 0 amide bonds. The van der Waals surface area contributed by atoms with Gasteiger partial charge in [-0.15, -0.1) is 5.98 Å². The van der Waals surface area contributed by atoms with Crippen molar-refractivity contribution in [3.8, 4) is 0 Å². The lowest BCUT2D eigenvalue weighted by Crippen LogP contribution is -1.74. The van der Waals surface area contributed by atoms with Gasteiger partial charge < -0.3 is 0 Å². The minimum atomic E-state index is -0.185. The average molecular weight is 134 g/mol. The standard InChI is InChI=1S/C8H8BF/c9-5-4-7-2-1-3-8(10)6-7/h1-6H,9H2/b5-4+. The Hall–Kier alpha value is -1.05. The van der Waals surface area contributed by atoms with Crippen LogP contribution in [0.3, 0.4) is 0 Å². The fraction of sp³-hybridized carbons (Fsp3) is 0. The summed E-state index contributed by atoms with van der Waals surface area (Å²) in [5.74, 6) is 1.70. The zero-order valence-electron chi connectivity index (χ0n) is 5.84. The van der Waals surface area contributed by atoms with E-state index in [9.17, 15) is 4.39 Å². The Morgan fingerprint density at radius 3 is 2.80 bits per heavy atom. The van der Waals surface area contributed by atoms with E-state index >= 15 is 0 Å². The van der Waals surface area contributed by atoms with Gasteiger partial charge in [0.1, 0.15) is 13.7 Å². The Labute approximate surface area is 60.8 Å². The van der Waals surface area contributed by atoms with Crippen LogP contribution in [0.15, 0.2) is 30.2 Å². The monoisotopic (exact) mass is 134 g/mol. The SMILES string of the molecule is B/C=C/c1cccc(F)c1. The maximum atomic E-state index is 12.5. The molecule has 10 heavy (non-hydrogen) atoms. The van der Waals surface area contributed by atoms with Crippen molar-refractivity contribution in [2.24, 2.45) is 0 Å². The lowest BCUT2D eigenvalue weighted by atomic mass is 10.1. The van der Waals surface area contributed by atoms with Crippen LogP contribution < -0.4 is 0 Å². The summed E-state index contributed by atoms with van der Waals surface area (Å²) in [6, 6.07) is 6.50. The Morgan fingerprint density at radius 1 is 1.40 bits per heavy atom. The molecule has 0 spiro atoms. The number of halogens is 1. The summed E-state index contributed by atoms with van der Waals surface area (Å²) in [4.78, 5) is 0. The van der Waals surface area contributed by atoms with Crippen LogP contribution in [-0.4, -0.2) is 7.85 Å². The predicted octanol–water partition coefficient (Wildman–Crippen LogP) is 1.43. The molecule has 1 aromatic carbocycles. The number of hydrogen-bond donors (Lipinski definition) is 0. The zero-order valence-corrected chi connectivity index (χ0v) is 5.84. The first-order valence-corrected chi connectivity index (χ1v) is 3.21. The molecule has 0 aliphatic rings. The van der Waals surface area contributed by atoms with Crippen molar-refractivity contribution < 1.29 is 4.39 Å². The van der Waals surface area contributed by atoms with Gasteiger partial charge in [-0.3, -0.25) is 0 Å². The normalized spacial score (nSPS) is 10.5. The second-order valence-electron chi connectivity index (χ2n) is 2.06. The first kappa shape index (κ1) is 7.07. The molecule has 0 nitrogen and oxygen atoms in total. The van der Waals surface area contributed by atoms with E-state index in [1.54, 1.807) is 6.07 Å². The van der Waals surface area contributed by atoms with Gasteiger partial charge in [-0.2, -0.15) is 0 Å². The van der Waals surface area contributed by atoms with Crippen molar-refractivity contribution in [2.45, 2.75) is 0 Å². The largest absolute Gasteiger partial charge is 0.207 e. The minimum absolute atomic E-state index is 0.185. The third-order valence-corrected chi connectivity index (χ3v) is 1.21. The maximum absolute atomic E-state index is 12.5. The number of benzene rings is 1. The summed E-state index contributed by atoms with van der Waals surface area (Å²) in [5.41, 5.74) is 0.905. The second-order valence-corrected chi connectivity index (χ2v) is 2.06. The zero-order chi connectivity index (χ0) is 7.40. The fourth-order valence-electron chi connectivity index (χ4n) is 0.803. The summed E-state index contributed by atoms with van der Waals surface area (Å²) in [6.07, 6.45) is 1.86. The van der Waals surface area contributed by atoms with Gasteiger partial charge in [0.25, 0.3) is 0 Å². The highest BCUT2D eigenvalue weighted by Gasteiger charge is 1.87. The molecule has 1 rings (SSSR count). The molecule has 0 aliphatic heterocycles. The fourth-order valence-corrected chi connectivity index (χ4v) is 0.803. The quantitative estimate of drug-likeness (QED) is 0.509.